The Labute approximate surface area is 125 Å². The molecule has 0 bridgehead atoms. The molecule has 0 spiro atoms. The van der Waals surface area contributed by atoms with Gasteiger partial charge < -0.3 is 16.4 Å². The van der Waals surface area contributed by atoms with Crippen LogP contribution in [0.4, 0.5) is 11.4 Å². The Morgan fingerprint density at radius 1 is 1.20 bits per heavy atom. The third-order valence-corrected chi connectivity index (χ3v) is 2.84. The van der Waals surface area contributed by atoms with Crippen molar-refractivity contribution < 1.29 is 9.59 Å². The molecule has 1 aromatic carbocycles. The number of amides is 2. The summed E-state index contributed by atoms with van der Waals surface area (Å²) in [6.07, 6.45) is 0. The van der Waals surface area contributed by atoms with E-state index in [-0.39, 0.29) is 30.1 Å². The van der Waals surface area contributed by atoms with Gasteiger partial charge in [-0.3, -0.25) is 9.59 Å². The summed E-state index contributed by atoms with van der Waals surface area (Å²) in [6.45, 7) is 7.11. The van der Waals surface area contributed by atoms with Crippen molar-refractivity contribution in [2.45, 2.75) is 33.7 Å². The first-order chi connectivity index (χ1) is 8.81. The van der Waals surface area contributed by atoms with E-state index in [0.717, 1.165) is 5.56 Å². The predicted molar refractivity (Wildman–Crippen MR) is 84.2 cm³/mol. The standard InChI is InChI=1S/C14H21N3O2.ClH/c1-8(2)13(15)14(19)17-12-7-11(16-10(4)18)6-5-9(12)3;/h5-8,13H,15H2,1-4H3,(H,16,18)(H,17,19);1H/t13-;/m0./s1. The normalized spacial score (nSPS) is 11.5. The molecule has 1 aromatic rings. The smallest absolute Gasteiger partial charge is 0.241 e. The van der Waals surface area contributed by atoms with Gasteiger partial charge in [0.15, 0.2) is 0 Å². The van der Waals surface area contributed by atoms with Crippen molar-refractivity contribution in [2.24, 2.45) is 11.7 Å². The number of nitrogens with two attached hydrogens (primary N) is 1. The zero-order valence-corrected chi connectivity index (χ0v) is 13.0. The summed E-state index contributed by atoms with van der Waals surface area (Å²) in [4.78, 5) is 22.9. The number of nitrogens with one attached hydrogen (secondary N) is 2. The van der Waals surface area contributed by atoms with Crippen LogP contribution in [0.5, 0.6) is 0 Å². The zero-order valence-electron chi connectivity index (χ0n) is 12.2. The number of rotatable bonds is 4. The molecule has 5 nitrogen and oxygen atoms in total. The van der Waals surface area contributed by atoms with Gasteiger partial charge in [-0.05, 0) is 30.5 Å². The highest BCUT2D eigenvalue weighted by molar-refractivity contribution is 5.96. The molecule has 0 saturated carbocycles. The number of hydrogen-bond donors (Lipinski definition) is 3. The average molecular weight is 300 g/mol. The summed E-state index contributed by atoms with van der Waals surface area (Å²) in [6, 6.07) is 4.79. The molecule has 0 unspecified atom stereocenters. The molecular weight excluding hydrogens is 278 g/mol. The molecule has 0 radical (unpaired) electrons. The molecule has 0 saturated heterocycles. The zero-order chi connectivity index (χ0) is 14.6. The number of benzene rings is 1. The molecule has 0 aliphatic rings. The van der Waals surface area contributed by atoms with Gasteiger partial charge in [-0.2, -0.15) is 0 Å². The van der Waals surface area contributed by atoms with Crippen molar-refractivity contribution in [1.82, 2.24) is 0 Å². The Kier molecular flexibility index (Phi) is 7.24. The van der Waals surface area contributed by atoms with E-state index in [1.807, 2.05) is 26.8 Å². The quantitative estimate of drug-likeness (QED) is 0.797. The third-order valence-electron chi connectivity index (χ3n) is 2.84. The topological polar surface area (TPSA) is 84.2 Å². The fraction of sp³-hybridized carbons (Fsp3) is 0.429. The molecule has 0 heterocycles. The Balaban J connectivity index is 0.00000361. The monoisotopic (exact) mass is 299 g/mol. The van der Waals surface area contributed by atoms with Crippen LogP contribution in [0.3, 0.4) is 0 Å². The fourth-order valence-electron chi connectivity index (χ4n) is 1.56. The van der Waals surface area contributed by atoms with Gasteiger partial charge in [-0.1, -0.05) is 19.9 Å². The largest absolute Gasteiger partial charge is 0.326 e. The molecule has 20 heavy (non-hydrogen) atoms. The molecule has 112 valence electrons. The molecule has 4 N–H and O–H groups in total. The van der Waals surface area contributed by atoms with Crippen LogP contribution in [0.15, 0.2) is 18.2 Å². The maximum Gasteiger partial charge on any atom is 0.241 e. The lowest BCUT2D eigenvalue weighted by atomic mass is 10.0. The molecule has 1 rings (SSSR count). The Hall–Kier alpha value is -1.59. The van der Waals surface area contributed by atoms with Crippen LogP contribution in [0, 0.1) is 12.8 Å². The summed E-state index contributed by atoms with van der Waals surface area (Å²) >= 11 is 0. The van der Waals surface area contributed by atoms with Gasteiger partial charge in [0.1, 0.15) is 0 Å². The number of carbonyl (C=O) groups excluding carboxylic acids is 2. The van der Waals surface area contributed by atoms with Crippen LogP contribution in [0.1, 0.15) is 26.3 Å². The summed E-state index contributed by atoms with van der Waals surface area (Å²) in [5.74, 6) is -0.308. The van der Waals surface area contributed by atoms with Gasteiger partial charge in [-0.15, -0.1) is 12.4 Å². The van der Waals surface area contributed by atoms with Crippen molar-refractivity contribution in [3.63, 3.8) is 0 Å². The highest BCUT2D eigenvalue weighted by Gasteiger charge is 2.17. The first-order valence-electron chi connectivity index (χ1n) is 6.26. The van der Waals surface area contributed by atoms with Crippen molar-refractivity contribution in [3.05, 3.63) is 23.8 Å². The predicted octanol–water partition coefficient (Wildman–Crippen LogP) is 2.30. The second kappa shape index (κ2) is 7.87. The van der Waals surface area contributed by atoms with Gasteiger partial charge in [0, 0.05) is 18.3 Å². The number of carbonyl (C=O) groups is 2. The molecule has 0 aromatic heterocycles. The lowest BCUT2D eigenvalue weighted by molar-refractivity contribution is -0.118. The van der Waals surface area contributed by atoms with Gasteiger partial charge >= 0.3 is 0 Å². The van der Waals surface area contributed by atoms with Crippen LogP contribution in [0.25, 0.3) is 0 Å². The Morgan fingerprint density at radius 3 is 2.30 bits per heavy atom. The Morgan fingerprint density at radius 2 is 1.80 bits per heavy atom. The minimum atomic E-state index is -0.552. The molecule has 0 aliphatic carbocycles. The summed E-state index contributed by atoms with van der Waals surface area (Å²) in [5.41, 5.74) is 8.01. The van der Waals surface area contributed by atoms with Gasteiger partial charge in [-0.25, -0.2) is 0 Å². The second-order valence-corrected chi connectivity index (χ2v) is 4.97. The van der Waals surface area contributed by atoms with E-state index < -0.39 is 6.04 Å². The van der Waals surface area contributed by atoms with Gasteiger partial charge in [0.25, 0.3) is 0 Å². The van der Waals surface area contributed by atoms with E-state index in [4.69, 9.17) is 5.73 Å². The van der Waals surface area contributed by atoms with Crippen molar-refractivity contribution in [3.8, 4) is 0 Å². The first kappa shape index (κ1) is 18.4. The summed E-state index contributed by atoms with van der Waals surface area (Å²) < 4.78 is 0. The van der Waals surface area contributed by atoms with E-state index in [0.29, 0.717) is 11.4 Å². The highest BCUT2D eigenvalue weighted by Crippen LogP contribution is 2.20. The molecule has 0 aliphatic heterocycles. The maximum atomic E-state index is 11.9. The first-order valence-corrected chi connectivity index (χ1v) is 6.26. The SMILES string of the molecule is CC(=O)Nc1ccc(C)c(NC(=O)[C@@H](N)C(C)C)c1.Cl. The van der Waals surface area contributed by atoms with Crippen LogP contribution < -0.4 is 16.4 Å². The van der Waals surface area contributed by atoms with Crippen LogP contribution in [0.2, 0.25) is 0 Å². The highest BCUT2D eigenvalue weighted by atomic mass is 35.5. The van der Waals surface area contributed by atoms with E-state index >= 15 is 0 Å². The third kappa shape index (κ3) is 5.19. The number of hydrogen-bond acceptors (Lipinski definition) is 3. The van der Waals surface area contributed by atoms with E-state index in [9.17, 15) is 9.59 Å². The summed E-state index contributed by atoms with van der Waals surface area (Å²) in [7, 11) is 0. The molecule has 0 fully saturated rings. The maximum absolute atomic E-state index is 11.9. The molecule has 1 atom stereocenters. The second-order valence-electron chi connectivity index (χ2n) is 4.97. The number of halogens is 1. The van der Waals surface area contributed by atoms with Gasteiger partial charge in [0.05, 0.1) is 6.04 Å². The van der Waals surface area contributed by atoms with Crippen molar-refractivity contribution in [2.75, 3.05) is 10.6 Å². The number of aryl methyl sites for hydroxylation is 1. The van der Waals surface area contributed by atoms with E-state index in [2.05, 4.69) is 10.6 Å². The van der Waals surface area contributed by atoms with Crippen LogP contribution in [-0.2, 0) is 9.59 Å². The van der Waals surface area contributed by atoms with Crippen LogP contribution >= 0.6 is 12.4 Å². The fourth-order valence-corrected chi connectivity index (χ4v) is 1.56. The Bertz CT molecular complexity index is 489. The van der Waals surface area contributed by atoms with Gasteiger partial charge in [0.2, 0.25) is 11.8 Å². The van der Waals surface area contributed by atoms with Crippen LogP contribution in [-0.4, -0.2) is 17.9 Å². The van der Waals surface area contributed by atoms with Crippen molar-refractivity contribution >= 4 is 35.6 Å². The molecule has 2 amide bonds. The van der Waals surface area contributed by atoms with Crippen molar-refractivity contribution in [1.29, 1.82) is 0 Å². The lowest BCUT2D eigenvalue weighted by Gasteiger charge is -2.17. The minimum Gasteiger partial charge on any atom is -0.326 e. The van der Waals surface area contributed by atoms with E-state index in [1.165, 1.54) is 6.92 Å². The molecule has 6 heteroatoms. The lowest BCUT2D eigenvalue weighted by Crippen LogP contribution is -2.39. The average Bonchev–Trinajstić information content (AvgIpc) is 2.31. The summed E-state index contributed by atoms with van der Waals surface area (Å²) in [5, 5.41) is 5.47. The molecular formula is C14H22ClN3O2. The minimum absolute atomic E-state index is 0. The van der Waals surface area contributed by atoms with E-state index in [1.54, 1.807) is 12.1 Å². The number of anilines is 2.